The van der Waals surface area contributed by atoms with Crippen molar-refractivity contribution >= 4 is 29.8 Å². The van der Waals surface area contributed by atoms with Gasteiger partial charge in [0.2, 0.25) is 0 Å². The number of ether oxygens (including phenoxy) is 2. The topological polar surface area (TPSA) is 80.2 Å². The van der Waals surface area contributed by atoms with Crippen LogP contribution < -0.4 is 14.8 Å². The second-order valence-corrected chi connectivity index (χ2v) is 8.07. The van der Waals surface area contributed by atoms with E-state index in [1.54, 1.807) is 12.1 Å². The molecule has 1 aliphatic heterocycles. The average Bonchev–Trinajstić information content (AvgIpc) is 2.92. The Bertz CT molecular complexity index is 803. The monoisotopic (exact) mass is 421 g/mol. The number of urea groups is 1. The maximum atomic E-state index is 12.9. The fourth-order valence-corrected chi connectivity index (χ4v) is 3.97. The van der Waals surface area contributed by atoms with Crippen molar-refractivity contribution in [3.8, 4) is 11.5 Å². The van der Waals surface area contributed by atoms with Gasteiger partial charge in [0.15, 0.2) is 11.5 Å². The molecule has 0 unspecified atom stereocenters. The van der Waals surface area contributed by atoms with Crippen molar-refractivity contribution in [2.24, 2.45) is 11.0 Å². The quantitative estimate of drug-likeness (QED) is 0.523. The second-order valence-electron chi connectivity index (χ2n) is 7.67. The molecule has 1 aliphatic carbocycles. The zero-order valence-electron chi connectivity index (χ0n) is 17.2. The van der Waals surface area contributed by atoms with Gasteiger partial charge in [-0.25, -0.2) is 4.79 Å². The van der Waals surface area contributed by atoms with Crippen LogP contribution in [0.15, 0.2) is 17.2 Å². The van der Waals surface area contributed by atoms with Crippen LogP contribution in [-0.4, -0.2) is 41.9 Å². The number of amides is 3. The van der Waals surface area contributed by atoms with Crippen LogP contribution in [0.5, 0.6) is 11.5 Å². The Labute approximate surface area is 176 Å². The van der Waals surface area contributed by atoms with Crippen LogP contribution >= 0.6 is 11.6 Å². The van der Waals surface area contributed by atoms with Gasteiger partial charge in [-0.3, -0.25) is 4.79 Å². The Morgan fingerprint density at radius 1 is 1.28 bits per heavy atom. The highest BCUT2D eigenvalue weighted by atomic mass is 35.5. The molecular formula is C21H28ClN3O4. The minimum Gasteiger partial charge on any atom is -0.490 e. The lowest BCUT2D eigenvalue weighted by Gasteiger charge is -2.33. The predicted molar refractivity (Wildman–Crippen MR) is 112 cm³/mol. The number of hydrazone groups is 1. The Kier molecular flexibility index (Phi) is 6.67. The Balaban J connectivity index is 1.80. The molecule has 1 aromatic carbocycles. The molecule has 29 heavy (non-hydrogen) atoms. The Morgan fingerprint density at radius 2 is 2.00 bits per heavy atom. The molecule has 1 spiro atoms. The third kappa shape index (κ3) is 4.50. The molecule has 1 N–H and O–H groups in total. The summed E-state index contributed by atoms with van der Waals surface area (Å²) in [5.74, 6) is 1.27. The van der Waals surface area contributed by atoms with Crippen LogP contribution in [0.1, 0.15) is 58.4 Å². The summed E-state index contributed by atoms with van der Waals surface area (Å²) in [5, 5.41) is 8.32. The fraction of sp³-hybridized carbons (Fsp3) is 0.571. The molecule has 3 amide bonds. The molecule has 0 radical (unpaired) electrons. The van der Waals surface area contributed by atoms with E-state index in [-0.39, 0.29) is 5.91 Å². The lowest BCUT2D eigenvalue weighted by molar-refractivity contribution is -0.132. The maximum absolute atomic E-state index is 12.9. The van der Waals surface area contributed by atoms with Crippen LogP contribution in [0.2, 0.25) is 5.02 Å². The number of hydrogen-bond donors (Lipinski definition) is 1. The number of nitrogens with zero attached hydrogens (tertiary/aromatic N) is 2. The van der Waals surface area contributed by atoms with Crippen molar-refractivity contribution in [3.63, 3.8) is 0 Å². The van der Waals surface area contributed by atoms with Gasteiger partial charge in [0, 0.05) is 0 Å². The molecule has 0 bridgehead atoms. The van der Waals surface area contributed by atoms with Crippen LogP contribution in [0.25, 0.3) is 0 Å². The van der Waals surface area contributed by atoms with E-state index in [1.807, 2.05) is 13.8 Å². The zero-order valence-corrected chi connectivity index (χ0v) is 17.9. The van der Waals surface area contributed by atoms with Crippen LogP contribution in [-0.2, 0) is 4.79 Å². The average molecular weight is 422 g/mol. The molecule has 3 rings (SSSR count). The number of imide groups is 1. The normalized spacial score (nSPS) is 24.4. The molecule has 1 aromatic rings. The van der Waals surface area contributed by atoms with Gasteiger partial charge >= 0.3 is 6.03 Å². The number of hydrogen-bond acceptors (Lipinski definition) is 5. The summed E-state index contributed by atoms with van der Waals surface area (Å²) in [6.45, 7) is 7.02. The van der Waals surface area contributed by atoms with Gasteiger partial charge in [0.25, 0.3) is 5.91 Å². The van der Waals surface area contributed by atoms with Crippen molar-refractivity contribution < 1.29 is 19.1 Å². The van der Waals surface area contributed by atoms with E-state index in [0.29, 0.717) is 54.1 Å². The first-order valence-corrected chi connectivity index (χ1v) is 10.6. The standard InChI is InChI=1S/C21H28ClN3O4/c1-4-10-29-18-16(22)11-15(12-17(18)28-5-2)13-23-25-19(26)21(24-20(25)27)8-6-14(3)7-9-21/h11-14H,4-10H2,1-3H3,(H,24,27)/b23-13-. The fourth-order valence-electron chi connectivity index (χ4n) is 3.70. The van der Waals surface area contributed by atoms with E-state index in [1.165, 1.54) is 6.21 Å². The first kappa shape index (κ1) is 21.4. The Hall–Kier alpha value is -2.28. The summed E-state index contributed by atoms with van der Waals surface area (Å²) >= 11 is 6.36. The number of nitrogens with one attached hydrogen (secondary N) is 1. The lowest BCUT2D eigenvalue weighted by Crippen LogP contribution is -2.49. The SMILES string of the molecule is CCCOc1c(Cl)cc(/C=N\N2C(=O)NC3(CCC(C)CC3)C2=O)cc1OCC. The van der Waals surface area contributed by atoms with E-state index in [2.05, 4.69) is 17.3 Å². The van der Waals surface area contributed by atoms with Crippen LogP contribution in [0.3, 0.4) is 0 Å². The van der Waals surface area contributed by atoms with E-state index < -0.39 is 11.6 Å². The number of halogens is 1. The highest BCUT2D eigenvalue weighted by Gasteiger charge is 2.52. The van der Waals surface area contributed by atoms with Gasteiger partial charge in [-0.05, 0) is 62.6 Å². The Morgan fingerprint density at radius 3 is 2.66 bits per heavy atom. The minimum atomic E-state index is -0.813. The highest BCUT2D eigenvalue weighted by molar-refractivity contribution is 6.32. The summed E-state index contributed by atoms with van der Waals surface area (Å²) in [5.41, 5.74) is -0.200. The van der Waals surface area contributed by atoms with Gasteiger partial charge in [0.1, 0.15) is 5.54 Å². The molecule has 158 valence electrons. The van der Waals surface area contributed by atoms with Crippen molar-refractivity contribution in [1.29, 1.82) is 0 Å². The molecule has 7 nitrogen and oxygen atoms in total. The van der Waals surface area contributed by atoms with Crippen molar-refractivity contribution in [1.82, 2.24) is 10.3 Å². The van der Waals surface area contributed by atoms with Crippen LogP contribution in [0.4, 0.5) is 4.79 Å². The van der Waals surface area contributed by atoms with E-state index in [0.717, 1.165) is 24.3 Å². The molecule has 2 fully saturated rings. The number of rotatable bonds is 7. The molecule has 0 atom stereocenters. The van der Waals surface area contributed by atoms with Gasteiger partial charge in [0.05, 0.1) is 24.5 Å². The maximum Gasteiger partial charge on any atom is 0.346 e. The van der Waals surface area contributed by atoms with Gasteiger partial charge in [-0.1, -0.05) is 25.4 Å². The molecule has 1 heterocycles. The summed E-state index contributed by atoms with van der Waals surface area (Å²) in [6.07, 6.45) is 5.41. The van der Waals surface area contributed by atoms with E-state index in [9.17, 15) is 9.59 Å². The number of carbonyl (C=O) groups excluding carboxylic acids is 2. The third-order valence-corrected chi connectivity index (χ3v) is 5.65. The summed E-state index contributed by atoms with van der Waals surface area (Å²) in [6, 6.07) is 2.93. The molecular weight excluding hydrogens is 394 g/mol. The molecule has 8 heteroatoms. The van der Waals surface area contributed by atoms with Gasteiger partial charge in [-0.15, -0.1) is 5.01 Å². The summed E-state index contributed by atoms with van der Waals surface area (Å²) < 4.78 is 11.3. The zero-order chi connectivity index (χ0) is 21.0. The predicted octanol–water partition coefficient (Wildman–Crippen LogP) is 4.36. The summed E-state index contributed by atoms with van der Waals surface area (Å²) in [7, 11) is 0. The van der Waals surface area contributed by atoms with Gasteiger partial charge in [-0.2, -0.15) is 5.10 Å². The molecule has 0 aromatic heterocycles. The van der Waals surface area contributed by atoms with Crippen molar-refractivity contribution in [3.05, 3.63) is 22.7 Å². The number of carbonyl (C=O) groups is 2. The summed E-state index contributed by atoms with van der Waals surface area (Å²) in [4.78, 5) is 25.3. The largest absolute Gasteiger partial charge is 0.490 e. The van der Waals surface area contributed by atoms with Crippen molar-refractivity contribution in [2.45, 2.75) is 58.4 Å². The number of benzene rings is 1. The molecule has 2 aliphatic rings. The van der Waals surface area contributed by atoms with Crippen molar-refractivity contribution in [2.75, 3.05) is 13.2 Å². The lowest BCUT2D eigenvalue weighted by atomic mass is 9.77. The minimum absolute atomic E-state index is 0.287. The van der Waals surface area contributed by atoms with Gasteiger partial charge < -0.3 is 14.8 Å². The second kappa shape index (κ2) is 9.03. The first-order valence-electron chi connectivity index (χ1n) is 10.2. The highest BCUT2D eigenvalue weighted by Crippen LogP contribution is 2.38. The first-order chi connectivity index (χ1) is 13.9. The molecule has 1 saturated carbocycles. The molecule has 1 saturated heterocycles. The van der Waals surface area contributed by atoms with E-state index >= 15 is 0 Å². The van der Waals surface area contributed by atoms with E-state index in [4.69, 9.17) is 21.1 Å². The third-order valence-electron chi connectivity index (χ3n) is 5.37. The smallest absolute Gasteiger partial charge is 0.346 e. The van der Waals surface area contributed by atoms with Crippen LogP contribution in [0, 0.1) is 5.92 Å².